The summed E-state index contributed by atoms with van der Waals surface area (Å²) in [6.07, 6.45) is -1.05. The molecule has 8 heteroatoms. The summed E-state index contributed by atoms with van der Waals surface area (Å²) in [5.74, 6) is -0.311. The first kappa shape index (κ1) is 21.4. The van der Waals surface area contributed by atoms with E-state index in [0.29, 0.717) is 0 Å². The molecule has 0 aliphatic rings. The molecule has 0 saturated heterocycles. The van der Waals surface area contributed by atoms with Crippen molar-refractivity contribution in [3.05, 3.63) is 36.4 Å². The maximum absolute atomic E-state index is 12.9. The Morgan fingerprint density at radius 3 is 2.36 bits per heavy atom. The van der Waals surface area contributed by atoms with Crippen molar-refractivity contribution in [3.63, 3.8) is 0 Å². The Bertz CT molecular complexity index is 619. The van der Waals surface area contributed by atoms with Crippen molar-refractivity contribution in [2.75, 3.05) is 26.4 Å². The first-order chi connectivity index (χ1) is 11.8. The Morgan fingerprint density at radius 1 is 1.20 bits per heavy atom. The molecule has 0 heterocycles. The smallest absolute Gasteiger partial charge is 0.365 e. The van der Waals surface area contributed by atoms with E-state index >= 15 is 0 Å². The fourth-order valence-corrected chi connectivity index (χ4v) is 3.56. The molecule has 140 valence electrons. The Balaban J connectivity index is 2.78. The number of hydrogen-bond acceptors (Lipinski definition) is 7. The predicted molar refractivity (Wildman–Crippen MR) is 94.2 cm³/mol. The summed E-state index contributed by atoms with van der Waals surface area (Å²) in [6, 6.07) is 6.59. The van der Waals surface area contributed by atoms with Crippen LogP contribution < -0.4 is 10.0 Å². The summed E-state index contributed by atoms with van der Waals surface area (Å²) in [6.45, 7) is 8.44. The molecule has 0 bridgehead atoms. The van der Waals surface area contributed by atoms with Gasteiger partial charge >= 0.3 is 13.6 Å². The molecule has 1 N–H and O–H groups in total. The Hall–Kier alpha value is -1.66. The summed E-state index contributed by atoms with van der Waals surface area (Å²) in [7, 11) is -3.52. The number of hydrogen-bond donors (Lipinski definition) is 1. The van der Waals surface area contributed by atoms with Crippen LogP contribution in [0.15, 0.2) is 36.4 Å². The van der Waals surface area contributed by atoms with Gasteiger partial charge in [-0.15, -0.1) is 0 Å². The highest BCUT2D eigenvalue weighted by molar-refractivity contribution is 7.62. The number of para-hydroxylation sites is 1. The minimum absolute atomic E-state index is 0.154. The molecule has 1 aromatic carbocycles. The van der Waals surface area contributed by atoms with E-state index in [1.54, 1.807) is 38.1 Å². The van der Waals surface area contributed by atoms with Gasteiger partial charge in [0.25, 0.3) is 0 Å². The van der Waals surface area contributed by atoms with Gasteiger partial charge in [0.15, 0.2) is 0 Å². The molecule has 25 heavy (non-hydrogen) atoms. The Kier molecular flexibility index (Phi) is 8.86. The summed E-state index contributed by atoms with van der Waals surface area (Å²) in [5, 5.41) is 10.2. The molecular formula is C17H25O7P. The zero-order valence-electron chi connectivity index (χ0n) is 14.8. The number of carbonyl (C=O) groups is 1. The van der Waals surface area contributed by atoms with Gasteiger partial charge in [-0.05, 0) is 32.9 Å². The normalized spacial score (nSPS) is 12.5. The van der Waals surface area contributed by atoms with Crippen LogP contribution in [0.3, 0.4) is 0 Å². The molecule has 0 aromatic heterocycles. The van der Waals surface area contributed by atoms with Crippen molar-refractivity contribution in [1.82, 2.24) is 0 Å². The van der Waals surface area contributed by atoms with Crippen LogP contribution in [0, 0.1) is 0 Å². The lowest BCUT2D eigenvalue weighted by Gasteiger charge is -2.20. The highest BCUT2D eigenvalue weighted by atomic mass is 31.2. The molecule has 0 fully saturated rings. The molecule has 0 saturated carbocycles. The van der Waals surface area contributed by atoms with E-state index in [4.69, 9.17) is 18.5 Å². The number of ether oxygens (including phenoxy) is 2. The van der Waals surface area contributed by atoms with Crippen molar-refractivity contribution in [2.24, 2.45) is 0 Å². The second kappa shape index (κ2) is 10.4. The first-order valence-corrected chi connectivity index (χ1v) is 9.50. The van der Waals surface area contributed by atoms with E-state index in [9.17, 15) is 14.5 Å². The number of benzene rings is 1. The number of rotatable bonds is 11. The number of aliphatic hydroxyl groups excluding tert-OH is 1. The van der Waals surface area contributed by atoms with Gasteiger partial charge in [0.2, 0.25) is 0 Å². The fourth-order valence-electron chi connectivity index (χ4n) is 1.85. The van der Waals surface area contributed by atoms with Crippen molar-refractivity contribution in [3.8, 4) is 5.75 Å². The Labute approximate surface area is 148 Å². The van der Waals surface area contributed by atoms with Crippen LogP contribution in [-0.4, -0.2) is 43.6 Å². The second-order valence-electron chi connectivity index (χ2n) is 5.14. The van der Waals surface area contributed by atoms with Crippen molar-refractivity contribution >= 4 is 18.9 Å². The van der Waals surface area contributed by atoms with E-state index < -0.39 is 19.7 Å². The first-order valence-electron chi connectivity index (χ1n) is 7.96. The van der Waals surface area contributed by atoms with Crippen LogP contribution in [0.1, 0.15) is 20.8 Å². The number of carbonyl (C=O) groups excluding carboxylic acids is 1. The maximum atomic E-state index is 12.9. The maximum Gasteiger partial charge on any atom is 0.365 e. The van der Waals surface area contributed by atoms with Gasteiger partial charge in [-0.25, -0.2) is 4.79 Å². The monoisotopic (exact) mass is 372 g/mol. The van der Waals surface area contributed by atoms with Gasteiger partial charge in [0.05, 0.1) is 13.2 Å². The topological polar surface area (TPSA) is 91.3 Å². The summed E-state index contributed by atoms with van der Waals surface area (Å²) in [5.41, 5.74) is 0.243. The van der Waals surface area contributed by atoms with Gasteiger partial charge in [0, 0.05) is 5.57 Å². The summed E-state index contributed by atoms with van der Waals surface area (Å²) < 4.78 is 33.9. The van der Waals surface area contributed by atoms with Crippen LogP contribution in [0.25, 0.3) is 0 Å². The highest BCUT2D eigenvalue weighted by Gasteiger charge is 2.30. The van der Waals surface area contributed by atoms with Crippen LogP contribution in [0.4, 0.5) is 0 Å². The van der Waals surface area contributed by atoms with Gasteiger partial charge in [0.1, 0.15) is 30.4 Å². The molecule has 7 nitrogen and oxygen atoms in total. The molecule has 1 unspecified atom stereocenters. The lowest BCUT2D eigenvalue weighted by molar-refractivity contribution is -0.142. The van der Waals surface area contributed by atoms with Crippen molar-refractivity contribution in [2.45, 2.75) is 26.9 Å². The van der Waals surface area contributed by atoms with E-state index in [0.717, 1.165) is 0 Å². The predicted octanol–water partition coefficient (Wildman–Crippen LogP) is 2.44. The standard InChI is InChI=1S/C17H25O7P/c1-5-23-25(20,24-6-2)16-10-8-7-9-15(16)21-11-14(18)12-22-17(19)13(3)4/h7-10,14,18H,3,5-6,11-12H2,1-2,4H3. The molecule has 0 aliphatic carbocycles. The lowest BCUT2D eigenvalue weighted by Crippen LogP contribution is -2.26. The molecule has 1 aromatic rings. The third kappa shape index (κ3) is 6.63. The molecule has 1 atom stereocenters. The average Bonchev–Trinajstić information content (AvgIpc) is 2.58. The average molecular weight is 372 g/mol. The summed E-state index contributed by atoms with van der Waals surface area (Å²) >= 11 is 0. The largest absolute Gasteiger partial charge is 0.490 e. The van der Waals surface area contributed by atoms with Crippen molar-refractivity contribution in [1.29, 1.82) is 0 Å². The summed E-state index contributed by atoms with van der Waals surface area (Å²) in [4.78, 5) is 11.3. The molecule has 0 amide bonds. The Morgan fingerprint density at radius 2 is 1.80 bits per heavy atom. The van der Waals surface area contributed by atoms with E-state index in [1.807, 2.05) is 0 Å². The molecule has 0 aliphatic heterocycles. The lowest BCUT2D eigenvalue weighted by atomic mass is 10.3. The third-order valence-corrected chi connectivity index (χ3v) is 5.10. The van der Waals surface area contributed by atoms with E-state index in [-0.39, 0.29) is 43.1 Å². The van der Waals surface area contributed by atoms with Gasteiger partial charge in [-0.3, -0.25) is 4.57 Å². The second-order valence-corrected chi connectivity index (χ2v) is 7.14. The van der Waals surface area contributed by atoms with Crippen molar-refractivity contribution < 1.29 is 33.0 Å². The van der Waals surface area contributed by atoms with E-state index in [1.165, 1.54) is 6.92 Å². The van der Waals surface area contributed by atoms with Crippen LogP contribution >= 0.6 is 7.60 Å². The minimum Gasteiger partial charge on any atom is -0.490 e. The zero-order valence-corrected chi connectivity index (χ0v) is 15.7. The zero-order chi connectivity index (χ0) is 18.9. The molecule has 1 rings (SSSR count). The van der Waals surface area contributed by atoms with Gasteiger partial charge in [-0.1, -0.05) is 18.7 Å². The molecule has 0 spiro atoms. The minimum atomic E-state index is -3.52. The van der Waals surface area contributed by atoms with E-state index in [2.05, 4.69) is 6.58 Å². The SMILES string of the molecule is C=C(C)C(=O)OCC(O)COc1ccccc1P(=O)(OCC)OCC. The van der Waals surface area contributed by atoms with Crippen LogP contribution in [0.5, 0.6) is 5.75 Å². The quantitative estimate of drug-likeness (QED) is 0.362. The van der Waals surface area contributed by atoms with Gasteiger partial charge in [-0.2, -0.15) is 0 Å². The van der Waals surface area contributed by atoms with Crippen LogP contribution in [-0.2, 0) is 23.1 Å². The molecular weight excluding hydrogens is 347 g/mol. The van der Waals surface area contributed by atoms with Gasteiger partial charge < -0.3 is 23.6 Å². The van der Waals surface area contributed by atoms with Crippen LogP contribution in [0.2, 0.25) is 0 Å². The highest BCUT2D eigenvalue weighted by Crippen LogP contribution is 2.49. The molecule has 0 radical (unpaired) electrons. The number of aliphatic hydroxyl groups is 1. The number of esters is 1. The third-order valence-electron chi connectivity index (χ3n) is 2.94. The fraction of sp³-hybridized carbons (Fsp3) is 0.471.